The number of amides is 2. The quantitative estimate of drug-likeness (QED) is 0.909. The fraction of sp³-hybridized carbons (Fsp3) is 0.125. The molecule has 0 saturated heterocycles. The molecule has 0 radical (unpaired) electrons. The Morgan fingerprint density at radius 2 is 1.82 bits per heavy atom. The number of hydrogen-bond acceptors (Lipinski definition) is 2. The highest BCUT2D eigenvalue weighted by Gasteiger charge is 2.12. The minimum Gasteiger partial charge on any atom is -0.359 e. The summed E-state index contributed by atoms with van der Waals surface area (Å²) >= 11 is 5.65. The normalized spacial score (nSPS) is 10.1. The second kappa shape index (κ2) is 7.04. The van der Waals surface area contributed by atoms with Gasteiger partial charge in [0.05, 0.1) is 12.0 Å². The zero-order valence-corrected chi connectivity index (χ0v) is 12.6. The van der Waals surface area contributed by atoms with E-state index in [9.17, 15) is 14.0 Å². The largest absolute Gasteiger partial charge is 0.359 e. The van der Waals surface area contributed by atoms with E-state index in [-0.39, 0.29) is 22.9 Å². The Hall–Kier alpha value is -2.40. The number of likely N-dealkylation sites (N-methyl/N-ethyl adjacent to an activating group) is 1. The van der Waals surface area contributed by atoms with Crippen LogP contribution in [0.1, 0.15) is 15.9 Å². The number of nitrogens with one attached hydrogen (secondary N) is 2. The van der Waals surface area contributed by atoms with Gasteiger partial charge in [-0.1, -0.05) is 23.7 Å². The van der Waals surface area contributed by atoms with Crippen molar-refractivity contribution in [3.05, 3.63) is 64.4 Å². The Bertz CT molecular complexity index is 702. The lowest BCUT2D eigenvalue weighted by molar-refractivity contribution is -0.119. The maximum Gasteiger partial charge on any atom is 0.258 e. The second-order valence-electron chi connectivity index (χ2n) is 4.63. The molecule has 0 aromatic heterocycles. The number of rotatable bonds is 4. The van der Waals surface area contributed by atoms with Crippen molar-refractivity contribution < 1.29 is 14.0 Å². The van der Waals surface area contributed by atoms with Crippen molar-refractivity contribution in [3.8, 4) is 0 Å². The number of anilines is 1. The molecule has 0 aliphatic rings. The average molecular weight is 321 g/mol. The molecule has 114 valence electrons. The summed E-state index contributed by atoms with van der Waals surface area (Å²) in [4.78, 5) is 23.3. The Kier molecular flexibility index (Phi) is 5.12. The molecule has 2 amide bonds. The summed E-state index contributed by atoms with van der Waals surface area (Å²) in [6.07, 6.45) is 0.260. The summed E-state index contributed by atoms with van der Waals surface area (Å²) in [5, 5.41) is 5.35. The summed E-state index contributed by atoms with van der Waals surface area (Å²) < 4.78 is 13.7. The van der Waals surface area contributed by atoms with Gasteiger partial charge in [-0.3, -0.25) is 9.59 Å². The molecule has 6 heteroatoms. The van der Waals surface area contributed by atoms with E-state index in [1.807, 2.05) is 0 Å². The van der Waals surface area contributed by atoms with Gasteiger partial charge in [0.25, 0.3) is 5.91 Å². The van der Waals surface area contributed by atoms with Crippen molar-refractivity contribution in [2.45, 2.75) is 6.42 Å². The first-order valence-corrected chi connectivity index (χ1v) is 6.93. The molecule has 0 heterocycles. The lowest BCUT2D eigenvalue weighted by atomic mass is 10.1. The van der Waals surface area contributed by atoms with Gasteiger partial charge in [-0.15, -0.1) is 0 Å². The third kappa shape index (κ3) is 4.05. The van der Waals surface area contributed by atoms with Gasteiger partial charge in [0.2, 0.25) is 5.91 Å². The van der Waals surface area contributed by atoms with E-state index in [1.165, 1.54) is 12.1 Å². The number of halogens is 2. The first kappa shape index (κ1) is 16.0. The highest BCUT2D eigenvalue weighted by Crippen LogP contribution is 2.17. The van der Waals surface area contributed by atoms with Crippen molar-refractivity contribution in [3.63, 3.8) is 0 Å². The van der Waals surface area contributed by atoms with Crippen molar-refractivity contribution in [2.75, 3.05) is 12.4 Å². The molecule has 0 unspecified atom stereocenters. The Labute approximate surface area is 132 Å². The van der Waals surface area contributed by atoms with E-state index in [0.717, 1.165) is 11.6 Å². The zero-order valence-electron chi connectivity index (χ0n) is 11.8. The van der Waals surface area contributed by atoms with Gasteiger partial charge >= 0.3 is 0 Å². The third-order valence-electron chi connectivity index (χ3n) is 3.03. The summed E-state index contributed by atoms with van der Waals surface area (Å²) in [6, 6.07) is 10.6. The molecule has 2 N–H and O–H groups in total. The Morgan fingerprint density at radius 1 is 1.14 bits per heavy atom. The monoisotopic (exact) mass is 320 g/mol. The topological polar surface area (TPSA) is 58.2 Å². The molecule has 22 heavy (non-hydrogen) atoms. The number of benzene rings is 2. The van der Waals surface area contributed by atoms with Crippen LogP contribution in [-0.4, -0.2) is 18.9 Å². The van der Waals surface area contributed by atoms with Crippen molar-refractivity contribution in [1.82, 2.24) is 5.32 Å². The van der Waals surface area contributed by atoms with Crippen LogP contribution in [0.2, 0.25) is 5.02 Å². The maximum absolute atomic E-state index is 13.7. The molecule has 2 rings (SSSR count). The van der Waals surface area contributed by atoms with Crippen molar-refractivity contribution >= 4 is 29.1 Å². The van der Waals surface area contributed by atoms with Crippen LogP contribution in [0.5, 0.6) is 0 Å². The molecule has 0 saturated carbocycles. The SMILES string of the molecule is CNC(=O)Cc1ccc(NC(=O)c2ccc(Cl)cc2F)cc1. The van der Waals surface area contributed by atoms with Gasteiger partial charge in [0, 0.05) is 17.8 Å². The van der Waals surface area contributed by atoms with Crippen LogP contribution in [0.15, 0.2) is 42.5 Å². The van der Waals surface area contributed by atoms with Crippen molar-refractivity contribution in [1.29, 1.82) is 0 Å². The van der Waals surface area contributed by atoms with Gasteiger partial charge in [0.1, 0.15) is 5.82 Å². The summed E-state index contributed by atoms with van der Waals surface area (Å²) in [5.41, 5.74) is 1.24. The highest BCUT2D eigenvalue weighted by molar-refractivity contribution is 6.30. The molecule has 0 atom stereocenters. The van der Waals surface area contributed by atoms with Gasteiger partial charge in [0.15, 0.2) is 0 Å². The minimum absolute atomic E-state index is 0.0844. The fourth-order valence-corrected chi connectivity index (χ4v) is 2.01. The van der Waals surface area contributed by atoms with E-state index in [4.69, 9.17) is 11.6 Å². The molecule has 0 aliphatic carbocycles. The van der Waals surface area contributed by atoms with E-state index < -0.39 is 11.7 Å². The van der Waals surface area contributed by atoms with Crippen LogP contribution in [0.4, 0.5) is 10.1 Å². The smallest absolute Gasteiger partial charge is 0.258 e. The average Bonchev–Trinajstić information content (AvgIpc) is 2.49. The van der Waals surface area contributed by atoms with Gasteiger partial charge in [-0.2, -0.15) is 0 Å². The van der Waals surface area contributed by atoms with Crippen LogP contribution < -0.4 is 10.6 Å². The standard InChI is InChI=1S/C16H14ClFN2O2/c1-19-15(21)8-10-2-5-12(6-3-10)20-16(22)13-7-4-11(17)9-14(13)18/h2-7,9H,8H2,1H3,(H,19,21)(H,20,22). The number of carbonyl (C=O) groups excluding carboxylic acids is 2. The van der Waals surface area contributed by atoms with Crippen LogP contribution in [-0.2, 0) is 11.2 Å². The number of carbonyl (C=O) groups is 2. The first-order chi connectivity index (χ1) is 10.5. The molecular formula is C16H14ClFN2O2. The van der Waals surface area contributed by atoms with Crippen molar-refractivity contribution in [2.24, 2.45) is 0 Å². The van der Waals surface area contributed by atoms with Crippen LogP contribution >= 0.6 is 11.6 Å². The van der Waals surface area contributed by atoms with E-state index in [2.05, 4.69) is 10.6 Å². The molecule has 2 aromatic rings. The Balaban J connectivity index is 2.07. The lowest BCUT2D eigenvalue weighted by Gasteiger charge is -2.07. The van der Waals surface area contributed by atoms with Gasteiger partial charge in [-0.25, -0.2) is 4.39 Å². The van der Waals surface area contributed by atoms with Crippen LogP contribution in [0.25, 0.3) is 0 Å². The Morgan fingerprint density at radius 3 is 2.41 bits per heavy atom. The molecule has 0 spiro atoms. The summed E-state index contributed by atoms with van der Waals surface area (Å²) in [6.45, 7) is 0. The first-order valence-electron chi connectivity index (χ1n) is 6.55. The number of hydrogen-bond donors (Lipinski definition) is 2. The third-order valence-corrected chi connectivity index (χ3v) is 3.27. The highest BCUT2D eigenvalue weighted by atomic mass is 35.5. The lowest BCUT2D eigenvalue weighted by Crippen LogP contribution is -2.19. The predicted molar refractivity (Wildman–Crippen MR) is 83.6 cm³/mol. The predicted octanol–water partition coefficient (Wildman–Crippen LogP) is 3.02. The molecule has 0 fully saturated rings. The second-order valence-corrected chi connectivity index (χ2v) is 5.06. The molecule has 0 bridgehead atoms. The van der Waals surface area contributed by atoms with Crippen LogP contribution in [0.3, 0.4) is 0 Å². The zero-order chi connectivity index (χ0) is 16.1. The molecular weight excluding hydrogens is 307 g/mol. The van der Waals surface area contributed by atoms with E-state index in [1.54, 1.807) is 31.3 Å². The summed E-state index contributed by atoms with van der Waals surface area (Å²) in [7, 11) is 1.57. The molecule has 0 aliphatic heterocycles. The summed E-state index contributed by atoms with van der Waals surface area (Å²) in [5.74, 6) is -1.34. The van der Waals surface area contributed by atoms with Crippen LogP contribution in [0, 0.1) is 5.82 Å². The molecule has 2 aromatic carbocycles. The van der Waals surface area contributed by atoms with Gasteiger partial charge < -0.3 is 10.6 Å². The fourth-order valence-electron chi connectivity index (χ4n) is 1.85. The minimum atomic E-state index is -0.679. The molecule has 4 nitrogen and oxygen atoms in total. The van der Waals surface area contributed by atoms with E-state index >= 15 is 0 Å². The maximum atomic E-state index is 13.7. The van der Waals surface area contributed by atoms with Gasteiger partial charge in [-0.05, 0) is 35.9 Å². The van der Waals surface area contributed by atoms with E-state index in [0.29, 0.717) is 5.69 Å².